The van der Waals surface area contributed by atoms with Gasteiger partial charge in [0.25, 0.3) is 0 Å². The van der Waals surface area contributed by atoms with Gasteiger partial charge in [0.2, 0.25) is 5.88 Å². The van der Waals surface area contributed by atoms with E-state index in [9.17, 15) is 13.6 Å². The van der Waals surface area contributed by atoms with Gasteiger partial charge in [0.15, 0.2) is 0 Å². The number of piperidine rings is 1. The Morgan fingerprint density at radius 1 is 1.17 bits per heavy atom. The van der Waals surface area contributed by atoms with Crippen molar-refractivity contribution in [1.29, 1.82) is 0 Å². The van der Waals surface area contributed by atoms with Crippen molar-refractivity contribution in [2.75, 3.05) is 13.1 Å². The number of rotatable bonds is 6. The number of benzene rings is 1. The number of hydrogen-bond donors (Lipinski definition) is 0. The van der Waals surface area contributed by atoms with E-state index < -0.39 is 11.6 Å². The first-order valence-corrected chi connectivity index (χ1v) is 9.89. The van der Waals surface area contributed by atoms with Gasteiger partial charge in [-0.1, -0.05) is 6.07 Å². The Balaban J connectivity index is 1.55. The van der Waals surface area contributed by atoms with Crippen LogP contribution in [0.3, 0.4) is 0 Å². The van der Waals surface area contributed by atoms with Crippen LogP contribution in [0.15, 0.2) is 30.6 Å². The van der Waals surface area contributed by atoms with E-state index in [4.69, 9.17) is 4.74 Å². The standard InChI is InChI=1S/C22H27F2N3O2/c1-22(2,3)29-21-19(25-8-9-26-21)14-27-10-6-15(7-11-27)20(28)12-16-4-5-17(23)13-18(16)24/h4-5,8-9,13,15H,6-7,10-12,14H2,1-3H3. The maximum atomic E-state index is 13.8. The third kappa shape index (κ3) is 6.03. The average molecular weight is 403 g/mol. The highest BCUT2D eigenvalue weighted by Gasteiger charge is 2.27. The quantitative estimate of drug-likeness (QED) is 0.731. The van der Waals surface area contributed by atoms with Gasteiger partial charge in [-0.25, -0.2) is 13.8 Å². The van der Waals surface area contributed by atoms with Gasteiger partial charge in [-0.2, -0.15) is 0 Å². The molecule has 0 atom stereocenters. The number of nitrogens with zero attached hydrogens (tertiary/aromatic N) is 3. The molecule has 2 heterocycles. The molecular weight excluding hydrogens is 376 g/mol. The van der Waals surface area contributed by atoms with Crippen molar-refractivity contribution >= 4 is 5.78 Å². The molecule has 0 unspecified atom stereocenters. The fraction of sp³-hybridized carbons (Fsp3) is 0.500. The summed E-state index contributed by atoms with van der Waals surface area (Å²) in [6.07, 6.45) is 4.68. The first-order chi connectivity index (χ1) is 13.7. The maximum Gasteiger partial charge on any atom is 0.237 e. The molecule has 1 aliphatic rings. The highest BCUT2D eigenvalue weighted by Crippen LogP contribution is 2.25. The summed E-state index contributed by atoms with van der Waals surface area (Å²) in [6.45, 7) is 7.99. The zero-order valence-corrected chi connectivity index (χ0v) is 17.1. The van der Waals surface area contributed by atoms with E-state index in [0.29, 0.717) is 25.3 Å². The minimum Gasteiger partial charge on any atom is -0.471 e. The Bertz CT molecular complexity index is 859. The number of carbonyl (C=O) groups is 1. The Kier molecular flexibility index (Phi) is 6.57. The Hall–Kier alpha value is -2.41. The fourth-order valence-electron chi connectivity index (χ4n) is 3.46. The number of hydrogen-bond acceptors (Lipinski definition) is 5. The summed E-state index contributed by atoms with van der Waals surface area (Å²) in [5.74, 6) is -0.866. The first kappa shape index (κ1) is 21.3. The van der Waals surface area contributed by atoms with Gasteiger partial charge in [-0.15, -0.1) is 0 Å². The van der Waals surface area contributed by atoms with Crippen molar-refractivity contribution < 1.29 is 18.3 Å². The number of carbonyl (C=O) groups excluding carboxylic acids is 1. The topological polar surface area (TPSA) is 55.3 Å². The van der Waals surface area contributed by atoms with Crippen molar-refractivity contribution in [1.82, 2.24) is 14.9 Å². The van der Waals surface area contributed by atoms with E-state index in [1.807, 2.05) is 20.8 Å². The van der Waals surface area contributed by atoms with Crippen LogP contribution in [-0.2, 0) is 17.8 Å². The van der Waals surface area contributed by atoms with Crippen molar-refractivity contribution in [3.8, 4) is 5.88 Å². The van der Waals surface area contributed by atoms with Crippen LogP contribution in [0.1, 0.15) is 44.9 Å². The van der Waals surface area contributed by atoms with Gasteiger partial charge in [-0.05, 0) is 58.3 Å². The van der Waals surface area contributed by atoms with Gasteiger partial charge >= 0.3 is 0 Å². The zero-order chi connectivity index (χ0) is 21.0. The molecule has 156 valence electrons. The zero-order valence-electron chi connectivity index (χ0n) is 17.1. The summed E-state index contributed by atoms with van der Waals surface area (Å²) in [6, 6.07) is 3.36. The molecule has 0 N–H and O–H groups in total. The summed E-state index contributed by atoms with van der Waals surface area (Å²) in [5.41, 5.74) is 0.669. The summed E-state index contributed by atoms with van der Waals surface area (Å²) in [5, 5.41) is 0. The number of aromatic nitrogens is 2. The number of ketones is 1. The van der Waals surface area contributed by atoms with E-state index in [1.165, 1.54) is 12.1 Å². The summed E-state index contributed by atoms with van der Waals surface area (Å²) in [4.78, 5) is 23.5. The molecule has 0 aliphatic carbocycles. The van der Waals surface area contributed by atoms with Crippen LogP contribution in [-0.4, -0.2) is 39.3 Å². The predicted molar refractivity (Wildman–Crippen MR) is 105 cm³/mol. The minimum absolute atomic E-state index is 0.00448. The summed E-state index contributed by atoms with van der Waals surface area (Å²) in [7, 11) is 0. The number of Topliss-reactive ketones (excluding diaryl/α,β-unsaturated/α-hetero) is 1. The van der Waals surface area contributed by atoms with Crippen LogP contribution in [0, 0.1) is 17.6 Å². The van der Waals surface area contributed by atoms with Gasteiger partial charge in [0.1, 0.15) is 28.7 Å². The molecule has 0 bridgehead atoms. The second-order valence-electron chi connectivity index (χ2n) is 8.45. The highest BCUT2D eigenvalue weighted by molar-refractivity contribution is 5.83. The van der Waals surface area contributed by atoms with E-state index in [1.54, 1.807) is 12.4 Å². The Morgan fingerprint density at radius 2 is 1.86 bits per heavy atom. The second-order valence-corrected chi connectivity index (χ2v) is 8.45. The summed E-state index contributed by atoms with van der Waals surface area (Å²) >= 11 is 0. The molecule has 0 spiro atoms. The van der Waals surface area contributed by atoms with Gasteiger partial charge in [-0.3, -0.25) is 14.7 Å². The van der Waals surface area contributed by atoms with Crippen molar-refractivity contribution in [2.45, 2.75) is 52.2 Å². The largest absolute Gasteiger partial charge is 0.471 e. The van der Waals surface area contributed by atoms with E-state index in [-0.39, 0.29) is 29.3 Å². The number of halogens is 2. The molecule has 29 heavy (non-hydrogen) atoms. The van der Waals surface area contributed by atoms with Crippen LogP contribution in [0.2, 0.25) is 0 Å². The fourth-order valence-corrected chi connectivity index (χ4v) is 3.46. The smallest absolute Gasteiger partial charge is 0.237 e. The molecule has 1 aromatic carbocycles. The predicted octanol–water partition coefficient (Wildman–Crippen LogP) is 3.96. The van der Waals surface area contributed by atoms with E-state index in [0.717, 1.165) is 24.8 Å². The molecular formula is C22H27F2N3O2. The Morgan fingerprint density at radius 3 is 2.52 bits per heavy atom. The third-order valence-corrected chi connectivity index (χ3v) is 4.93. The molecule has 2 aromatic rings. The maximum absolute atomic E-state index is 13.8. The average Bonchev–Trinajstić information content (AvgIpc) is 2.65. The van der Waals surface area contributed by atoms with Crippen molar-refractivity contribution in [3.63, 3.8) is 0 Å². The van der Waals surface area contributed by atoms with E-state index >= 15 is 0 Å². The molecule has 5 nitrogen and oxygen atoms in total. The SMILES string of the molecule is CC(C)(C)Oc1nccnc1CN1CCC(C(=O)Cc2ccc(F)cc2F)CC1. The van der Waals surface area contributed by atoms with Crippen LogP contribution >= 0.6 is 0 Å². The van der Waals surface area contributed by atoms with Gasteiger partial charge in [0.05, 0.1) is 0 Å². The summed E-state index contributed by atoms with van der Waals surface area (Å²) < 4.78 is 32.7. The second kappa shape index (κ2) is 8.95. The lowest BCUT2D eigenvalue weighted by Crippen LogP contribution is -2.37. The molecule has 7 heteroatoms. The van der Waals surface area contributed by atoms with Gasteiger partial charge in [0, 0.05) is 37.3 Å². The monoisotopic (exact) mass is 403 g/mol. The van der Waals surface area contributed by atoms with Crippen LogP contribution in [0.5, 0.6) is 5.88 Å². The molecule has 1 fully saturated rings. The molecule has 0 amide bonds. The first-order valence-electron chi connectivity index (χ1n) is 9.89. The minimum atomic E-state index is -0.662. The number of ether oxygens (including phenoxy) is 1. The van der Waals surface area contributed by atoms with Crippen molar-refractivity contribution in [2.24, 2.45) is 5.92 Å². The Labute approximate surface area is 170 Å². The lowest BCUT2D eigenvalue weighted by Gasteiger charge is -2.31. The van der Waals surface area contributed by atoms with Crippen LogP contribution in [0.25, 0.3) is 0 Å². The highest BCUT2D eigenvalue weighted by atomic mass is 19.1. The van der Waals surface area contributed by atoms with Crippen LogP contribution < -0.4 is 4.74 Å². The molecule has 1 aromatic heterocycles. The molecule has 3 rings (SSSR count). The van der Waals surface area contributed by atoms with Crippen molar-refractivity contribution in [3.05, 3.63) is 53.5 Å². The van der Waals surface area contributed by atoms with E-state index in [2.05, 4.69) is 14.9 Å². The van der Waals surface area contributed by atoms with Crippen LogP contribution in [0.4, 0.5) is 8.78 Å². The molecule has 1 saturated heterocycles. The normalized spacial score (nSPS) is 16.0. The lowest BCUT2D eigenvalue weighted by molar-refractivity contribution is -0.123. The lowest BCUT2D eigenvalue weighted by atomic mass is 9.89. The molecule has 0 radical (unpaired) electrons. The molecule has 0 saturated carbocycles. The third-order valence-electron chi connectivity index (χ3n) is 4.93. The van der Waals surface area contributed by atoms with Gasteiger partial charge < -0.3 is 4.74 Å². The molecule has 1 aliphatic heterocycles. The number of likely N-dealkylation sites (tertiary alicyclic amines) is 1.